The van der Waals surface area contributed by atoms with E-state index in [1.54, 1.807) is 27.7 Å². The van der Waals surface area contributed by atoms with Gasteiger partial charge in [-0.15, -0.1) is 0 Å². The summed E-state index contributed by atoms with van der Waals surface area (Å²) < 4.78 is 0. The Bertz CT molecular complexity index is 1880. The molecule has 0 saturated carbocycles. The molecular weight excluding hydrogens is 839 g/mol. The maximum atomic E-state index is 13.9. The van der Waals surface area contributed by atoms with Gasteiger partial charge in [-0.3, -0.25) is 38.4 Å². The number of aromatic hydroxyl groups is 1. The van der Waals surface area contributed by atoms with Gasteiger partial charge in [0, 0.05) is 31.2 Å². The number of amides is 7. The van der Waals surface area contributed by atoms with Gasteiger partial charge in [0.1, 0.15) is 36.0 Å². The molecule has 1 aromatic heterocycles. The Morgan fingerprint density at radius 2 is 1.27 bits per heavy atom. The average Bonchev–Trinajstić information content (AvgIpc) is 3.75. The Kier molecular flexibility index (Phi) is 22.9. The van der Waals surface area contributed by atoms with Gasteiger partial charge in [-0.05, 0) is 61.8 Å². The van der Waals surface area contributed by atoms with E-state index in [9.17, 15) is 58.5 Å². The number of carboxylic acid groups (broad SMARTS) is 2. The van der Waals surface area contributed by atoms with Crippen LogP contribution in [0.2, 0.25) is 0 Å². The molecule has 64 heavy (non-hydrogen) atoms. The fraction of sp³-hybridized carbons (Fsp3) is 0.561. The summed E-state index contributed by atoms with van der Waals surface area (Å²) in [7, 11) is 0. The molecule has 0 aliphatic heterocycles. The number of imidazole rings is 1. The van der Waals surface area contributed by atoms with Crippen molar-refractivity contribution in [1.82, 2.24) is 47.2 Å². The minimum atomic E-state index is -1.57. The number of aromatic amines is 1. The largest absolute Gasteiger partial charge is 0.508 e. The van der Waals surface area contributed by atoms with Crippen molar-refractivity contribution in [3.63, 3.8) is 0 Å². The van der Waals surface area contributed by atoms with Crippen LogP contribution in [0.3, 0.4) is 0 Å². The third kappa shape index (κ3) is 20.0. The molecule has 2 rings (SSSR count). The predicted octanol–water partition coefficient (Wildman–Crippen LogP) is -2.34. The lowest BCUT2D eigenvalue weighted by Crippen LogP contribution is -2.60. The van der Waals surface area contributed by atoms with E-state index >= 15 is 0 Å². The number of benzene rings is 1. The monoisotopic (exact) mass is 901 g/mol. The summed E-state index contributed by atoms with van der Waals surface area (Å²) in [5.74, 6) is -9.14. The second-order valence-corrected chi connectivity index (χ2v) is 16.0. The van der Waals surface area contributed by atoms with Gasteiger partial charge in [0.15, 0.2) is 0 Å². The van der Waals surface area contributed by atoms with Gasteiger partial charge < -0.3 is 69.0 Å². The Labute approximate surface area is 370 Å². The molecule has 7 amide bonds. The topological polar surface area (TPSA) is 379 Å². The summed E-state index contributed by atoms with van der Waals surface area (Å²) >= 11 is 0. The lowest BCUT2D eigenvalue weighted by molar-refractivity contribution is -0.142. The second kappa shape index (κ2) is 27.4. The Morgan fingerprint density at radius 3 is 1.81 bits per heavy atom. The van der Waals surface area contributed by atoms with Gasteiger partial charge in [-0.25, -0.2) is 9.78 Å². The summed E-state index contributed by atoms with van der Waals surface area (Å²) in [5, 5.41) is 46.0. The van der Waals surface area contributed by atoms with Crippen LogP contribution in [-0.4, -0.2) is 134 Å². The van der Waals surface area contributed by atoms with Crippen LogP contribution in [0.15, 0.2) is 36.8 Å². The number of nitrogens with zero attached hydrogens (tertiary/aromatic N) is 1. The smallest absolute Gasteiger partial charge is 0.326 e. The summed E-state index contributed by atoms with van der Waals surface area (Å²) in [5.41, 5.74) is 12.3. The quantitative estimate of drug-likeness (QED) is 0.0381. The highest BCUT2D eigenvalue weighted by atomic mass is 16.4. The molecule has 0 fully saturated rings. The van der Waals surface area contributed by atoms with Gasteiger partial charge in [0.25, 0.3) is 0 Å². The number of aromatic nitrogens is 2. The summed E-state index contributed by atoms with van der Waals surface area (Å²) in [4.78, 5) is 123. The molecule has 1 aromatic carbocycles. The number of hydrogen-bond donors (Lipinski definition) is 13. The Morgan fingerprint density at radius 1 is 0.688 bits per heavy atom. The van der Waals surface area contributed by atoms with Gasteiger partial charge >= 0.3 is 11.9 Å². The molecule has 0 bridgehead atoms. The zero-order chi connectivity index (χ0) is 47.9. The maximum absolute atomic E-state index is 13.9. The number of unbranched alkanes of at least 4 members (excludes halogenated alkanes) is 1. The summed E-state index contributed by atoms with van der Waals surface area (Å²) in [6.07, 6.45) is 3.06. The molecular formula is C41H63N11O12. The number of phenols is 1. The highest BCUT2D eigenvalue weighted by molar-refractivity contribution is 5.97. The number of aliphatic carboxylic acids is 2. The molecule has 6 atom stereocenters. The van der Waals surface area contributed by atoms with Crippen LogP contribution >= 0.6 is 0 Å². The fourth-order valence-electron chi connectivity index (χ4n) is 6.17. The predicted molar refractivity (Wildman–Crippen MR) is 229 cm³/mol. The molecule has 1 heterocycles. The van der Waals surface area contributed by atoms with E-state index in [4.69, 9.17) is 11.5 Å². The molecule has 15 N–H and O–H groups in total. The third-order valence-corrected chi connectivity index (χ3v) is 9.66. The average molecular weight is 902 g/mol. The van der Waals surface area contributed by atoms with Crippen molar-refractivity contribution < 1.29 is 58.5 Å². The van der Waals surface area contributed by atoms with Gasteiger partial charge in [0.05, 0.1) is 25.5 Å². The van der Waals surface area contributed by atoms with Crippen LogP contribution in [0.25, 0.3) is 0 Å². The van der Waals surface area contributed by atoms with Crippen molar-refractivity contribution in [3.8, 4) is 5.75 Å². The van der Waals surface area contributed by atoms with E-state index in [0.29, 0.717) is 37.1 Å². The number of carbonyl (C=O) groups is 9. The number of nitrogens with one attached hydrogen (secondary N) is 8. The molecule has 23 heteroatoms. The number of nitrogens with two attached hydrogens (primary N) is 2. The first kappa shape index (κ1) is 53.5. The van der Waals surface area contributed by atoms with Crippen LogP contribution in [0.5, 0.6) is 5.75 Å². The number of carbonyl (C=O) groups excluding carboxylic acids is 7. The minimum Gasteiger partial charge on any atom is -0.508 e. The van der Waals surface area contributed by atoms with Gasteiger partial charge in [0.2, 0.25) is 41.4 Å². The van der Waals surface area contributed by atoms with Crippen LogP contribution in [0, 0.1) is 11.8 Å². The standard InChI is InChI=1S/C41H63N11O12/c1-22(2)15-31(41(63)64)49-33(55)20-46-37(59)30(17-25-18-44-21-47-25)51-40(62)35(23(3)4)52-38(60)28(12-13-34(56)57)50-39(61)29(16-24-8-10-26(53)11-9-24)48-32(54)19-45-36(58)27(43)7-5-6-14-42/h8-11,18,21-23,27-31,35,53H,5-7,12-17,19-20,42-43H2,1-4H3,(H,44,47)(H,45,58)(H,46,59)(H,48,54)(H,49,55)(H,50,61)(H,51,62)(H,52,60)(H,56,57)(H,63,64)/t27-,28-,29-,30-,31-,35-/m0/s1. The lowest BCUT2D eigenvalue weighted by atomic mass is 10.0. The van der Waals surface area contributed by atoms with Crippen molar-refractivity contribution in [2.24, 2.45) is 23.3 Å². The van der Waals surface area contributed by atoms with Crippen LogP contribution in [0.4, 0.5) is 0 Å². The molecule has 2 aromatic rings. The van der Waals surface area contributed by atoms with Crippen molar-refractivity contribution in [1.29, 1.82) is 0 Å². The lowest BCUT2D eigenvalue weighted by Gasteiger charge is -2.28. The first-order valence-electron chi connectivity index (χ1n) is 20.9. The third-order valence-electron chi connectivity index (χ3n) is 9.66. The molecule has 354 valence electrons. The number of carboxylic acids is 2. The van der Waals surface area contributed by atoms with E-state index < -0.39 is 121 Å². The summed E-state index contributed by atoms with van der Waals surface area (Å²) in [6, 6.07) is -2.13. The fourth-order valence-corrected chi connectivity index (χ4v) is 6.17. The highest BCUT2D eigenvalue weighted by Crippen LogP contribution is 2.13. The van der Waals surface area contributed by atoms with Crippen molar-refractivity contribution in [3.05, 3.63) is 48.0 Å². The molecule has 0 saturated heterocycles. The molecule has 0 unspecified atom stereocenters. The van der Waals surface area contributed by atoms with E-state index in [1.807, 2.05) is 0 Å². The highest BCUT2D eigenvalue weighted by Gasteiger charge is 2.34. The zero-order valence-corrected chi connectivity index (χ0v) is 36.5. The number of rotatable bonds is 29. The summed E-state index contributed by atoms with van der Waals surface area (Å²) in [6.45, 7) is 5.95. The van der Waals surface area contributed by atoms with E-state index in [-0.39, 0.29) is 30.9 Å². The molecule has 0 aliphatic carbocycles. The maximum Gasteiger partial charge on any atom is 0.326 e. The molecule has 0 aliphatic rings. The second-order valence-electron chi connectivity index (χ2n) is 16.0. The van der Waals surface area contributed by atoms with Gasteiger partial charge in [-0.2, -0.15) is 0 Å². The normalized spacial score (nSPS) is 13.9. The van der Waals surface area contributed by atoms with Crippen LogP contribution in [0.1, 0.15) is 77.5 Å². The van der Waals surface area contributed by atoms with Crippen LogP contribution < -0.4 is 48.7 Å². The Balaban J connectivity index is 2.28. The number of hydrogen-bond acceptors (Lipinski definition) is 13. The first-order valence-corrected chi connectivity index (χ1v) is 20.9. The number of H-pyrrole nitrogens is 1. The molecule has 0 spiro atoms. The molecule has 0 radical (unpaired) electrons. The van der Waals surface area contributed by atoms with Crippen LogP contribution in [-0.2, 0) is 56.0 Å². The van der Waals surface area contributed by atoms with E-state index in [1.165, 1.54) is 36.8 Å². The van der Waals surface area contributed by atoms with Gasteiger partial charge in [-0.1, -0.05) is 46.2 Å². The minimum absolute atomic E-state index is 0.0569. The van der Waals surface area contributed by atoms with E-state index in [2.05, 4.69) is 47.2 Å². The SMILES string of the molecule is CC(C)C[C@H](NC(=O)CNC(=O)[C@H](Cc1cnc[nH]1)NC(=O)[C@@H](NC(=O)[C@H](CCC(=O)O)NC(=O)[C@H](Cc1ccc(O)cc1)NC(=O)CNC(=O)[C@@H](N)CCCCN)C(C)C)C(=O)O. The van der Waals surface area contributed by atoms with E-state index in [0.717, 1.165) is 0 Å². The molecule has 23 nitrogen and oxygen atoms in total. The van der Waals surface area contributed by atoms with Crippen molar-refractivity contribution in [2.75, 3.05) is 19.6 Å². The first-order chi connectivity index (χ1) is 30.2. The van der Waals surface area contributed by atoms with Crippen molar-refractivity contribution in [2.45, 2.75) is 115 Å². The zero-order valence-electron chi connectivity index (χ0n) is 36.5. The number of phenolic OH excluding ortho intramolecular Hbond substituents is 1. The Hall–Kier alpha value is -6.62. The van der Waals surface area contributed by atoms with Crippen molar-refractivity contribution >= 4 is 53.3 Å².